The second-order valence-corrected chi connectivity index (χ2v) is 8.30. The summed E-state index contributed by atoms with van der Waals surface area (Å²) < 4.78 is 37.4. The third-order valence-corrected chi connectivity index (χ3v) is 5.37. The first-order chi connectivity index (χ1) is 13.1. The van der Waals surface area contributed by atoms with Crippen molar-refractivity contribution < 1.29 is 27.5 Å². The molecule has 28 heavy (non-hydrogen) atoms. The van der Waals surface area contributed by atoms with E-state index in [0.29, 0.717) is 12.2 Å². The molecule has 1 rings (SSSR count). The molecule has 2 amide bonds. The van der Waals surface area contributed by atoms with E-state index in [9.17, 15) is 18.0 Å². The van der Waals surface area contributed by atoms with Crippen LogP contribution in [0.3, 0.4) is 0 Å². The molecule has 1 atom stereocenters. The summed E-state index contributed by atoms with van der Waals surface area (Å²) in [6.45, 7) is 3.78. The highest BCUT2D eigenvalue weighted by atomic mass is 32.2. The molecule has 0 fully saturated rings. The number of sulfonamides is 1. The monoisotopic (exact) mass is 415 g/mol. The second kappa shape index (κ2) is 10.9. The first-order valence-corrected chi connectivity index (χ1v) is 10.4. The number of methoxy groups -OCH3 is 2. The molecule has 0 spiro atoms. The number of hydrogen-bond donors (Lipinski definition) is 3. The van der Waals surface area contributed by atoms with Gasteiger partial charge in [0.05, 0.1) is 19.1 Å². The Morgan fingerprint density at radius 1 is 1.11 bits per heavy atom. The van der Waals surface area contributed by atoms with Crippen molar-refractivity contribution >= 4 is 21.8 Å². The van der Waals surface area contributed by atoms with E-state index in [4.69, 9.17) is 9.47 Å². The van der Waals surface area contributed by atoms with Crippen LogP contribution in [0.25, 0.3) is 0 Å². The number of carbonyl (C=O) groups excluding carboxylic acids is 2. The minimum Gasteiger partial charge on any atom is -0.493 e. The zero-order valence-electron chi connectivity index (χ0n) is 16.9. The van der Waals surface area contributed by atoms with Crippen molar-refractivity contribution in [3.63, 3.8) is 0 Å². The number of carbonyl (C=O) groups is 2. The number of likely N-dealkylation sites (N-methyl/N-ethyl adjacent to an activating group) is 1. The zero-order valence-corrected chi connectivity index (χ0v) is 17.7. The molecule has 1 aromatic carbocycles. The van der Waals surface area contributed by atoms with Crippen molar-refractivity contribution in [2.45, 2.75) is 37.6 Å². The molecule has 3 N–H and O–H groups in total. The van der Waals surface area contributed by atoms with E-state index in [-0.39, 0.29) is 35.4 Å². The SMILES string of the molecule is CNC(=O)C(CC(C)C)NC(=O)CCNS(=O)(=O)c1ccc(OC)c(OC)c1. The molecule has 10 heteroatoms. The van der Waals surface area contributed by atoms with Gasteiger partial charge in [0.25, 0.3) is 0 Å². The Morgan fingerprint density at radius 3 is 2.29 bits per heavy atom. The first-order valence-electron chi connectivity index (χ1n) is 8.87. The van der Waals surface area contributed by atoms with Crippen LogP contribution in [0, 0.1) is 5.92 Å². The minimum atomic E-state index is -3.83. The molecule has 1 unspecified atom stereocenters. The predicted molar refractivity (Wildman–Crippen MR) is 105 cm³/mol. The Bertz CT molecular complexity index is 780. The number of ether oxygens (including phenoxy) is 2. The van der Waals surface area contributed by atoms with Crippen LogP contribution in [0.2, 0.25) is 0 Å². The summed E-state index contributed by atoms with van der Waals surface area (Å²) in [5.41, 5.74) is 0. The average molecular weight is 416 g/mol. The van der Waals surface area contributed by atoms with Crippen LogP contribution < -0.4 is 24.8 Å². The van der Waals surface area contributed by atoms with Crippen LogP contribution in [0.5, 0.6) is 11.5 Å². The Morgan fingerprint density at radius 2 is 1.75 bits per heavy atom. The summed E-state index contributed by atoms with van der Waals surface area (Å²) in [5, 5.41) is 5.15. The molecule has 0 saturated carbocycles. The lowest BCUT2D eigenvalue weighted by Crippen LogP contribution is -2.47. The maximum absolute atomic E-state index is 12.4. The number of nitrogens with one attached hydrogen (secondary N) is 3. The normalized spacial score (nSPS) is 12.4. The van der Waals surface area contributed by atoms with Crippen molar-refractivity contribution in [3.05, 3.63) is 18.2 Å². The molecule has 0 heterocycles. The van der Waals surface area contributed by atoms with Gasteiger partial charge in [-0.3, -0.25) is 9.59 Å². The molecule has 0 saturated heterocycles. The van der Waals surface area contributed by atoms with Crippen LogP contribution in [0.1, 0.15) is 26.7 Å². The van der Waals surface area contributed by atoms with E-state index in [0.717, 1.165) is 0 Å². The number of rotatable bonds is 11. The highest BCUT2D eigenvalue weighted by Crippen LogP contribution is 2.29. The van der Waals surface area contributed by atoms with Gasteiger partial charge in [0.2, 0.25) is 21.8 Å². The van der Waals surface area contributed by atoms with Gasteiger partial charge in [0, 0.05) is 26.1 Å². The van der Waals surface area contributed by atoms with Gasteiger partial charge in [-0.15, -0.1) is 0 Å². The van der Waals surface area contributed by atoms with Gasteiger partial charge in [0.1, 0.15) is 6.04 Å². The van der Waals surface area contributed by atoms with Crippen molar-refractivity contribution in [1.82, 2.24) is 15.4 Å². The maximum Gasteiger partial charge on any atom is 0.242 e. The van der Waals surface area contributed by atoms with Crippen molar-refractivity contribution in [3.8, 4) is 11.5 Å². The van der Waals surface area contributed by atoms with Gasteiger partial charge in [0.15, 0.2) is 11.5 Å². The van der Waals surface area contributed by atoms with Crippen LogP contribution in [-0.2, 0) is 19.6 Å². The third kappa shape index (κ3) is 7.01. The summed E-state index contributed by atoms with van der Waals surface area (Å²) in [6.07, 6.45) is 0.390. The van der Waals surface area contributed by atoms with Gasteiger partial charge in [-0.25, -0.2) is 13.1 Å². The number of amides is 2. The van der Waals surface area contributed by atoms with E-state index < -0.39 is 22.0 Å². The Hall–Kier alpha value is -2.33. The Balaban J connectivity index is 2.68. The van der Waals surface area contributed by atoms with E-state index in [1.165, 1.54) is 39.5 Å². The standard InChI is InChI=1S/C18H29N3O6S/c1-12(2)10-14(18(23)19-3)21-17(22)8-9-20-28(24,25)13-6-7-15(26-4)16(11-13)27-5/h6-7,11-12,14,20H,8-10H2,1-5H3,(H,19,23)(H,21,22). The van der Waals surface area contributed by atoms with Crippen LogP contribution in [0.4, 0.5) is 0 Å². The second-order valence-electron chi connectivity index (χ2n) is 6.53. The fraction of sp³-hybridized carbons (Fsp3) is 0.556. The van der Waals surface area contributed by atoms with Crippen molar-refractivity contribution in [2.75, 3.05) is 27.8 Å². The lowest BCUT2D eigenvalue weighted by molar-refractivity contribution is -0.129. The lowest BCUT2D eigenvalue weighted by Gasteiger charge is -2.19. The molecule has 0 aliphatic carbocycles. The summed E-state index contributed by atoms with van der Waals surface area (Å²) in [6, 6.07) is 3.55. The summed E-state index contributed by atoms with van der Waals surface area (Å²) in [7, 11) is 0.534. The molecule has 0 aliphatic heterocycles. The molecule has 0 aliphatic rings. The molecule has 0 aromatic heterocycles. The van der Waals surface area contributed by atoms with Gasteiger partial charge in [-0.05, 0) is 24.5 Å². The van der Waals surface area contributed by atoms with E-state index >= 15 is 0 Å². The number of benzene rings is 1. The highest BCUT2D eigenvalue weighted by molar-refractivity contribution is 7.89. The van der Waals surface area contributed by atoms with E-state index in [1.54, 1.807) is 0 Å². The molecular formula is C18H29N3O6S. The zero-order chi connectivity index (χ0) is 21.3. The van der Waals surface area contributed by atoms with Gasteiger partial charge < -0.3 is 20.1 Å². The van der Waals surface area contributed by atoms with Crippen molar-refractivity contribution in [2.24, 2.45) is 5.92 Å². The number of hydrogen-bond acceptors (Lipinski definition) is 6. The molecular weight excluding hydrogens is 386 g/mol. The fourth-order valence-corrected chi connectivity index (χ4v) is 3.56. The maximum atomic E-state index is 12.4. The fourth-order valence-electron chi connectivity index (χ4n) is 2.51. The van der Waals surface area contributed by atoms with Crippen LogP contribution >= 0.6 is 0 Å². The molecule has 0 radical (unpaired) electrons. The quantitative estimate of drug-likeness (QED) is 0.488. The Labute approximate surface area is 166 Å². The van der Waals surface area contributed by atoms with Gasteiger partial charge in [-0.1, -0.05) is 13.8 Å². The topological polar surface area (TPSA) is 123 Å². The molecule has 0 bridgehead atoms. The molecule has 9 nitrogen and oxygen atoms in total. The summed E-state index contributed by atoms with van der Waals surface area (Å²) >= 11 is 0. The predicted octanol–water partition coefficient (Wildman–Crippen LogP) is 0.649. The smallest absolute Gasteiger partial charge is 0.242 e. The third-order valence-electron chi connectivity index (χ3n) is 3.91. The summed E-state index contributed by atoms with van der Waals surface area (Å²) in [4.78, 5) is 23.9. The lowest BCUT2D eigenvalue weighted by atomic mass is 10.0. The first kappa shape index (κ1) is 23.7. The Kier molecular flexibility index (Phi) is 9.20. The largest absolute Gasteiger partial charge is 0.493 e. The van der Waals surface area contributed by atoms with Crippen molar-refractivity contribution in [1.29, 1.82) is 0 Å². The molecule has 158 valence electrons. The summed E-state index contributed by atoms with van der Waals surface area (Å²) in [5.74, 6) is 0.208. The van der Waals surface area contributed by atoms with Gasteiger partial charge in [-0.2, -0.15) is 0 Å². The highest BCUT2D eigenvalue weighted by Gasteiger charge is 2.21. The van der Waals surface area contributed by atoms with Gasteiger partial charge >= 0.3 is 0 Å². The van der Waals surface area contributed by atoms with Crippen LogP contribution in [0.15, 0.2) is 23.1 Å². The molecule has 1 aromatic rings. The van der Waals surface area contributed by atoms with Crippen LogP contribution in [-0.4, -0.2) is 54.1 Å². The van der Waals surface area contributed by atoms with E-state index in [1.807, 2.05) is 13.8 Å². The minimum absolute atomic E-state index is 0.00592. The van der Waals surface area contributed by atoms with E-state index in [2.05, 4.69) is 15.4 Å². The average Bonchev–Trinajstić information content (AvgIpc) is 2.65.